The van der Waals surface area contributed by atoms with E-state index in [0.29, 0.717) is 5.57 Å². The second kappa shape index (κ2) is 4.42. The van der Waals surface area contributed by atoms with E-state index in [0.717, 1.165) is 11.1 Å². The Labute approximate surface area is 83.7 Å². The second-order valence-electron chi connectivity index (χ2n) is 3.02. The molecule has 0 aliphatic heterocycles. The normalized spacial score (nSPS) is 11.1. The van der Waals surface area contributed by atoms with Crippen molar-refractivity contribution < 1.29 is 4.79 Å². The van der Waals surface area contributed by atoms with Crippen LogP contribution in [0.3, 0.4) is 0 Å². The van der Waals surface area contributed by atoms with Gasteiger partial charge in [0.15, 0.2) is 0 Å². The first-order valence-electron chi connectivity index (χ1n) is 4.34. The van der Waals surface area contributed by atoms with Gasteiger partial charge in [-0.2, -0.15) is 0 Å². The van der Waals surface area contributed by atoms with E-state index in [1.54, 1.807) is 19.1 Å². The number of benzene rings is 1. The average Bonchev–Trinajstić information content (AvgIpc) is 2.18. The Hall–Kier alpha value is -1.83. The zero-order valence-electron chi connectivity index (χ0n) is 8.16. The lowest BCUT2D eigenvalue weighted by atomic mass is 10.1. The summed E-state index contributed by atoms with van der Waals surface area (Å²) in [7, 11) is 0. The van der Waals surface area contributed by atoms with Gasteiger partial charge in [-0.05, 0) is 24.1 Å². The van der Waals surface area contributed by atoms with Crippen molar-refractivity contribution in [3.63, 3.8) is 0 Å². The summed E-state index contributed by atoms with van der Waals surface area (Å²) in [6, 6.07) is 7.69. The van der Waals surface area contributed by atoms with Crippen LogP contribution in [0.25, 0.3) is 12.2 Å². The summed E-state index contributed by atoms with van der Waals surface area (Å²) in [5.41, 5.74) is 7.63. The lowest BCUT2D eigenvalue weighted by Gasteiger charge is -2.01. The fourth-order valence-corrected chi connectivity index (χ4v) is 1.13. The average molecular weight is 187 g/mol. The summed E-state index contributed by atoms with van der Waals surface area (Å²) in [6.45, 7) is 5.39. The third-order valence-electron chi connectivity index (χ3n) is 1.98. The molecule has 0 radical (unpaired) electrons. The Morgan fingerprint density at radius 1 is 1.36 bits per heavy atom. The van der Waals surface area contributed by atoms with Gasteiger partial charge in [-0.1, -0.05) is 36.9 Å². The molecule has 1 aromatic rings. The highest BCUT2D eigenvalue weighted by Crippen LogP contribution is 2.13. The van der Waals surface area contributed by atoms with Gasteiger partial charge in [-0.25, -0.2) is 0 Å². The molecule has 2 heteroatoms. The largest absolute Gasteiger partial charge is 0.366 e. The fourth-order valence-electron chi connectivity index (χ4n) is 1.13. The van der Waals surface area contributed by atoms with Gasteiger partial charge >= 0.3 is 0 Å². The zero-order valence-corrected chi connectivity index (χ0v) is 8.16. The van der Waals surface area contributed by atoms with Crippen molar-refractivity contribution in [2.24, 2.45) is 5.73 Å². The van der Waals surface area contributed by atoms with Crippen LogP contribution in [0.2, 0.25) is 0 Å². The van der Waals surface area contributed by atoms with Crippen LogP contribution in [0.5, 0.6) is 0 Å². The van der Waals surface area contributed by atoms with Crippen LogP contribution in [0.1, 0.15) is 18.1 Å². The van der Waals surface area contributed by atoms with Crippen LogP contribution in [0.4, 0.5) is 0 Å². The van der Waals surface area contributed by atoms with E-state index in [1.165, 1.54) is 0 Å². The molecule has 2 nitrogen and oxygen atoms in total. The van der Waals surface area contributed by atoms with Gasteiger partial charge in [0.1, 0.15) is 0 Å². The molecule has 0 unspecified atom stereocenters. The molecule has 0 aliphatic rings. The number of amides is 1. The number of primary amides is 1. The van der Waals surface area contributed by atoms with Gasteiger partial charge < -0.3 is 5.73 Å². The van der Waals surface area contributed by atoms with E-state index in [4.69, 9.17) is 5.73 Å². The minimum Gasteiger partial charge on any atom is -0.366 e. The Balaban J connectivity index is 3.13. The van der Waals surface area contributed by atoms with Crippen LogP contribution in [0, 0.1) is 0 Å². The molecule has 0 bridgehead atoms. The molecule has 1 amide bonds. The lowest BCUT2D eigenvalue weighted by Crippen LogP contribution is -2.11. The van der Waals surface area contributed by atoms with Crippen molar-refractivity contribution in [1.29, 1.82) is 0 Å². The molecule has 1 rings (SSSR count). The number of carbonyl (C=O) groups is 1. The van der Waals surface area contributed by atoms with Crippen LogP contribution < -0.4 is 5.73 Å². The van der Waals surface area contributed by atoms with Gasteiger partial charge in [-0.15, -0.1) is 0 Å². The summed E-state index contributed by atoms with van der Waals surface area (Å²) in [5.74, 6) is -0.399. The van der Waals surface area contributed by atoms with Crippen molar-refractivity contribution in [1.82, 2.24) is 0 Å². The molecule has 0 saturated heterocycles. The minimum atomic E-state index is -0.399. The molecule has 0 aromatic heterocycles. The summed E-state index contributed by atoms with van der Waals surface area (Å²) < 4.78 is 0. The molecule has 2 N–H and O–H groups in total. The van der Waals surface area contributed by atoms with E-state index < -0.39 is 5.91 Å². The van der Waals surface area contributed by atoms with Gasteiger partial charge in [-0.3, -0.25) is 4.79 Å². The van der Waals surface area contributed by atoms with Crippen molar-refractivity contribution >= 4 is 18.1 Å². The van der Waals surface area contributed by atoms with Crippen molar-refractivity contribution in [2.45, 2.75) is 6.92 Å². The van der Waals surface area contributed by atoms with Crippen molar-refractivity contribution in [3.8, 4) is 0 Å². The molecular weight excluding hydrogens is 174 g/mol. The molecule has 0 saturated carbocycles. The highest BCUT2D eigenvalue weighted by atomic mass is 16.1. The predicted molar refractivity (Wildman–Crippen MR) is 59.4 cm³/mol. The monoisotopic (exact) mass is 187 g/mol. The minimum absolute atomic E-state index is 0.399. The molecule has 72 valence electrons. The Bertz CT molecular complexity index is 391. The zero-order chi connectivity index (χ0) is 10.6. The molecule has 0 heterocycles. The molecule has 1 aromatic carbocycles. The Kier molecular flexibility index (Phi) is 3.24. The third-order valence-corrected chi connectivity index (χ3v) is 1.98. The summed E-state index contributed by atoms with van der Waals surface area (Å²) >= 11 is 0. The molecule has 0 fully saturated rings. The summed E-state index contributed by atoms with van der Waals surface area (Å²) in [6.07, 6.45) is 3.51. The fraction of sp³-hybridized carbons (Fsp3) is 0.0833. The van der Waals surface area contributed by atoms with Gasteiger partial charge in [0.2, 0.25) is 5.91 Å². The summed E-state index contributed by atoms with van der Waals surface area (Å²) in [4.78, 5) is 10.8. The van der Waals surface area contributed by atoms with Crippen LogP contribution in [-0.2, 0) is 4.79 Å². The summed E-state index contributed by atoms with van der Waals surface area (Å²) in [5, 5.41) is 0. The smallest absolute Gasteiger partial charge is 0.244 e. The molecule has 0 aliphatic carbocycles. The van der Waals surface area contributed by atoms with Gasteiger partial charge in [0.25, 0.3) is 0 Å². The second-order valence-corrected chi connectivity index (χ2v) is 3.02. The maximum atomic E-state index is 10.8. The van der Waals surface area contributed by atoms with Gasteiger partial charge in [0.05, 0.1) is 0 Å². The lowest BCUT2D eigenvalue weighted by molar-refractivity contribution is -0.114. The topological polar surface area (TPSA) is 43.1 Å². The number of carbonyl (C=O) groups excluding carboxylic acids is 1. The molecule has 0 spiro atoms. The Morgan fingerprint density at radius 3 is 2.43 bits per heavy atom. The number of hydrogen-bond donors (Lipinski definition) is 1. The van der Waals surface area contributed by atoms with E-state index in [-0.39, 0.29) is 0 Å². The molecule has 14 heavy (non-hydrogen) atoms. The molecule has 0 atom stereocenters. The first-order valence-corrected chi connectivity index (χ1v) is 4.34. The van der Waals surface area contributed by atoms with E-state index in [2.05, 4.69) is 6.58 Å². The van der Waals surface area contributed by atoms with Crippen molar-refractivity contribution in [3.05, 3.63) is 47.5 Å². The third kappa shape index (κ3) is 2.33. The van der Waals surface area contributed by atoms with Crippen LogP contribution in [-0.4, -0.2) is 5.91 Å². The first kappa shape index (κ1) is 10.3. The first-order chi connectivity index (χ1) is 6.65. The number of nitrogens with two attached hydrogens (primary N) is 1. The van der Waals surface area contributed by atoms with Crippen LogP contribution in [0.15, 0.2) is 36.4 Å². The predicted octanol–water partition coefficient (Wildman–Crippen LogP) is 2.22. The van der Waals surface area contributed by atoms with E-state index in [9.17, 15) is 4.79 Å². The van der Waals surface area contributed by atoms with E-state index in [1.807, 2.05) is 24.3 Å². The van der Waals surface area contributed by atoms with Crippen LogP contribution >= 0.6 is 0 Å². The number of rotatable bonds is 3. The van der Waals surface area contributed by atoms with E-state index >= 15 is 0 Å². The molecular formula is C12H13NO. The highest BCUT2D eigenvalue weighted by Gasteiger charge is 1.99. The maximum Gasteiger partial charge on any atom is 0.244 e. The maximum absolute atomic E-state index is 10.8. The van der Waals surface area contributed by atoms with Crippen molar-refractivity contribution in [2.75, 3.05) is 0 Å². The van der Waals surface area contributed by atoms with Gasteiger partial charge in [0, 0.05) is 5.57 Å². The number of hydrogen-bond acceptors (Lipinski definition) is 1. The highest BCUT2D eigenvalue weighted by molar-refractivity contribution is 5.96. The quantitative estimate of drug-likeness (QED) is 0.724. The SMILES string of the molecule is C=Cc1ccccc1/C=C(\C)C(N)=O. The standard InChI is InChI=1S/C12H13NO/c1-3-10-6-4-5-7-11(10)8-9(2)12(13)14/h3-8H,1H2,2H3,(H2,13,14)/b9-8+. The Morgan fingerprint density at radius 2 is 1.93 bits per heavy atom.